The van der Waals surface area contributed by atoms with Crippen LogP contribution in [0.4, 0.5) is 0 Å². The molecule has 9 heteroatoms. The summed E-state index contributed by atoms with van der Waals surface area (Å²) < 4.78 is 5.51. The van der Waals surface area contributed by atoms with E-state index < -0.39 is 0 Å². The predicted molar refractivity (Wildman–Crippen MR) is 131 cm³/mol. The molecule has 0 saturated carbocycles. The highest BCUT2D eigenvalue weighted by molar-refractivity contribution is 14.0. The first-order valence-corrected chi connectivity index (χ1v) is 10.5. The van der Waals surface area contributed by atoms with Crippen molar-refractivity contribution in [1.29, 1.82) is 0 Å². The summed E-state index contributed by atoms with van der Waals surface area (Å²) in [6, 6.07) is 8.68. The summed E-state index contributed by atoms with van der Waals surface area (Å²) in [6.07, 6.45) is 1.52. The van der Waals surface area contributed by atoms with Gasteiger partial charge in [0.05, 0.1) is 19.8 Å². The molecule has 1 saturated heterocycles. The van der Waals surface area contributed by atoms with Gasteiger partial charge < -0.3 is 15.4 Å². The van der Waals surface area contributed by atoms with E-state index in [2.05, 4.69) is 63.6 Å². The van der Waals surface area contributed by atoms with E-state index in [-0.39, 0.29) is 24.0 Å². The third-order valence-corrected chi connectivity index (χ3v) is 5.14. The molecule has 1 unspecified atom stereocenters. The van der Waals surface area contributed by atoms with Crippen molar-refractivity contribution in [3.63, 3.8) is 0 Å². The molecule has 2 heterocycles. The largest absolute Gasteiger partial charge is 0.379 e. The van der Waals surface area contributed by atoms with Crippen molar-refractivity contribution in [2.45, 2.75) is 33.4 Å². The van der Waals surface area contributed by atoms with Crippen molar-refractivity contribution in [3.8, 4) is 11.4 Å². The highest BCUT2D eigenvalue weighted by Gasteiger charge is 2.23. The van der Waals surface area contributed by atoms with Crippen LogP contribution >= 0.6 is 24.0 Å². The summed E-state index contributed by atoms with van der Waals surface area (Å²) in [4.78, 5) is 11.5. The predicted octanol–water partition coefficient (Wildman–Crippen LogP) is 2.50. The molecule has 0 amide bonds. The standard InChI is InChI=1S/C21H33N7O.HI/c1-4-22-21(24-14-19(16(2)3)28-8-10-29-11-9-28)23-13-17-6-5-7-18(12-17)20-25-15-26-27-20;/h5-7,12,15-16,19H,4,8-11,13-14H2,1-3H3,(H2,22,23,24)(H,25,26,27);1H. The summed E-state index contributed by atoms with van der Waals surface area (Å²) in [5, 5.41) is 13.7. The Bertz CT molecular complexity index is 760. The van der Waals surface area contributed by atoms with Crippen LogP contribution in [0.25, 0.3) is 11.4 Å². The lowest BCUT2D eigenvalue weighted by molar-refractivity contribution is 0.00752. The summed E-state index contributed by atoms with van der Waals surface area (Å²) >= 11 is 0. The molecule has 1 aliphatic rings. The Labute approximate surface area is 196 Å². The summed E-state index contributed by atoms with van der Waals surface area (Å²) in [5.41, 5.74) is 2.14. The van der Waals surface area contributed by atoms with Gasteiger partial charge in [0, 0.05) is 37.8 Å². The molecule has 8 nitrogen and oxygen atoms in total. The molecule has 1 fully saturated rings. The Morgan fingerprint density at radius 3 is 2.73 bits per heavy atom. The summed E-state index contributed by atoms with van der Waals surface area (Å²) in [5.74, 6) is 2.17. The average molecular weight is 527 g/mol. The second kappa shape index (κ2) is 12.9. The molecule has 3 rings (SSSR count). The number of guanidine groups is 1. The Morgan fingerprint density at radius 2 is 2.07 bits per heavy atom. The second-order valence-corrected chi connectivity index (χ2v) is 7.57. The van der Waals surface area contributed by atoms with Crippen LogP contribution in [0, 0.1) is 5.92 Å². The van der Waals surface area contributed by atoms with Gasteiger partial charge in [-0.05, 0) is 24.5 Å². The maximum atomic E-state index is 5.51. The Kier molecular flexibility index (Phi) is 10.5. The van der Waals surface area contributed by atoms with Crippen molar-refractivity contribution in [2.75, 3.05) is 39.4 Å². The van der Waals surface area contributed by atoms with Gasteiger partial charge in [-0.15, -0.1) is 24.0 Å². The van der Waals surface area contributed by atoms with E-state index in [9.17, 15) is 0 Å². The zero-order valence-corrected chi connectivity index (χ0v) is 20.4. The lowest BCUT2D eigenvalue weighted by Gasteiger charge is -2.37. The summed E-state index contributed by atoms with van der Waals surface area (Å²) in [7, 11) is 0. The molecule has 0 aliphatic carbocycles. The number of rotatable bonds is 8. The number of H-pyrrole nitrogens is 1. The van der Waals surface area contributed by atoms with Gasteiger partial charge in [0.2, 0.25) is 0 Å². The number of aromatic amines is 1. The Hall–Kier alpha value is -1.72. The minimum atomic E-state index is 0. The SMILES string of the molecule is CCNC(=NCc1cccc(-c2ncn[nH]2)c1)NCC(C(C)C)N1CCOCC1.I. The molecule has 3 N–H and O–H groups in total. The minimum absolute atomic E-state index is 0. The topological polar surface area (TPSA) is 90.5 Å². The molecule has 1 aromatic carbocycles. The van der Waals surface area contributed by atoms with Gasteiger partial charge in [0.25, 0.3) is 0 Å². The van der Waals surface area contributed by atoms with Crippen LogP contribution in [0.5, 0.6) is 0 Å². The number of morpholine rings is 1. The van der Waals surface area contributed by atoms with E-state index in [1.165, 1.54) is 6.33 Å². The molecule has 2 aromatic rings. The molecule has 0 bridgehead atoms. The number of hydrogen-bond donors (Lipinski definition) is 3. The van der Waals surface area contributed by atoms with Crippen molar-refractivity contribution in [2.24, 2.45) is 10.9 Å². The smallest absolute Gasteiger partial charge is 0.191 e. The number of hydrogen-bond acceptors (Lipinski definition) is 5. The number of nitrogens with one attached hydrogen (secondary N) is 3. The fourth-order valence-corrected chi connectivity index (χ4v) is 3.57. The fourth-order valence-electron chi connectivity index (χ4n) is 3.57. The van der Waals surface area contributed by atoms with Gasteiger partial charge in [0.1, 0.15) is 6.33 Å². The van der Waals surface area contributed by atoms with Gasteiger partial charge in [0.15, 0.2) is 11.8 Å². The normalized spacial score (nSPS) is 16.2. The number of nitrogens with zero attached hydrogens (tertiary/aromatic N) is 4. The molecule has 0 radical (unpaired) electrons. The molecule has 1 atom stereocenters. The van der Waals surface area contributed by atoms with Gasteiger partial charge in [-0.2, -0.15) is 5.10 Å². The van der Waals surface area contributed by atoms with Crippen molar-refractivity contribution >= 4 is 29.9 Å². The molecule has 1 aliphatic heterocycles. The van der Waals surface area contributed by atoms with Crippen LogP contribution in [0.3, 0.4) is 0 Å². The zero-order chi connectivity index (χ0) is 20.5. The Morgan fingerprint density at radius 1 is 1.27 bits per heavy atom. The van der Waals surface area contributed by atoms with Gasteiger partial charge in [-0.1, -0.05) is 32.0 Å². The van der Waals surface area contributed by atoms with E-state index in [4.69, 9.17) is 9.73 Å². The first-order chi connectivity index (χ1) is 14.2. The maximum Gasteiger partial charge on any atom is 0.191 e. The van der Waals surface area contributed by atoms with Crippen molar-refractivity contribution < 1.29 is 4.74 Å². The molecular weight excluding hydrogens is 493 g/mol. The monoisotopic (exact) mass is 527 g/mol. The molecular formula is C21H34IN7O. The van der Waals surface area contributed by atoms with E-state index in [1.54, 1.807) is 0 Å². The van der Waals surface area contributed by atoms with E-state index in [0.29, 0.717) is 18.5 Å². The highest BCUT2D eigenvalue weighted by atomic mass is 127. The molecule has 166 valence electrons. The quantitative estimate of drug-likeness (QED) is 0.278. The van der Waals surface area contributed by atoms with E-state index >= 15 is 0 Å². The summed E-state index contributed by atoms with van der Waals surface area (Å²) in [6.45, 7) is 12.6. The number of ether oxygens (including phenoxy) is 1. The molecule has 1 aromatic heterocycles. The first-order valence-electron chi connectivity index (χ1n) is 10.5. The number of halogens is 1. The van der Waals surface area contributed by atoms with Crippen molar-refractivity contribution in [1.82, 2.24) is 30.7 Å². The highest BCUT2D eigenvalue weighted by Crippen LogP contribution is 2.16. The average Bonchev–Trinajstić information content (AvgIpc) is 3.28. The number of aromatic nitrogens is 3. The van der Waals surface area contributed by atoms with Crippen LogP contribution in [0.1, 0.15) is 26.3 Å². The van der Waals surface area contributed by atoms with E-state index in [0.717, 1.165) is 62.3 Å². The van der Waals surface area contributed by atoms with Crippen LogP contribution in [0.15, 0.2) is 35.6 Å². The lowest BCUT2D eigenvalue weighted by atomic mass is 10.0. The van der Waals surface area contributed by atoms with Crippen LogP contribution in [-0.4, -0.2) is 71.5 Å². The van der Waals surface area contributed by atoms with Crippen LogP contribution < -0.4 is 10.6 Å². The fraction of sp³-hybridized carbons (Fsp3) is 0.571. The zero-order valence-electron chi connectivity index (χ0n) is 18.1. The van der Waals surface area contributed by atoms with Crippen molar-refractivity contribution in [3.05, 3.63) is 36.2 Å². The van der Waals surface area contributed by atoms with Crippen LogP contribution in [-0.2, 0) is 11.3 Å². The van der Waals surface area contributed by atoms with Gasteiger partial charge in [-0.25, -0.2) is 9.98 Å². The molecule has 0 spiro atoms. The number of aliphatic imine (C=N–C) groups is 1. The Balaban J connectivity index is 0.00000320. The third-order valence-electron chi connectivity index (χ3n) is 5.14. The van der Waals surface area contributed by atoms with Gasteiger partial charge in [-0.3, -0.25) is 10.00 Å². The molecule has 30 heavy (non-hydrogen) atoms. The second-order valence-electron chi connectivity index (χ2n) is 7.57. The third kappa shape index (κ3) is 7.21. The van der Waals surface area contributed by atoms with E-state index in [1.807, 2.05) is 12.1 Å². The minimum Gasteiger partial charge on any atom is -0.379 e. The first kappa shape index (κ1) is 24.5. The maximum absolute atomic E-state index is 5.51. The van der Waals surface area contributed by atoms with Gasteiger partial charge >= 0.3 is 0 Å². The lowest BCUT2D eigenvalue weighted by Crippen LogP contribution is -2.52. The number of benzene rings is 1. The van der Waals surface area contributed by atoms with Crippen LogP contribution in [0.2, 0.25) is 0 Å².